The molecule has 10 heavy (non-hydrogen) atoms. The normalized spacial score (nSPS) is 25.6. The first-order valence-electron chi connectivity index (χ1n) is 4.06. The van der Waals surface area contributed by atoms with Crippen molar-refractivity contribution in [2.75, 3.05) is 6.61 Å². The van der Waals surface area contributed by atoms with Crippen molar-refractivity contribution in [3.8, 4) is 0 Å². The van der Waals surface area contributed by atoms with Gasteiger partial charge in [0.15, 0.2) is 0 Å². The van der Waals surface area contributed by atoms with Crippen molar-refractivity contribution >= 4 is 0 Å². The van der Waals surface area contributed by atoms with Gasteiger partial charge in [0, 0.05) is 12.5 Å². The first-order valence-corrected chi connectivity index (χ1v) is 4.06. The molecule has 0 aromatic rings. The first kappa shape index (κ1) is 7.80. The van der Waals surface area contributed by atoms with Crippen LogP contribution >= 0.6 is 0 Å². The zero-order valence-electron chi connectivity index (χ0n) is 6.80. The monoisotopic (exact) mass is 140 g/mol. The molecule has 0 bridgehead atoms. The smallest absolute Gasteiger partial charge is 0.0496 e. The van der Waals surface area contributed by atoms with Gasteiger partial charge in [0.05, 0.1) is 0 Å². The number of allylic oxidation sites excluding steroid dienone is 1. The molecule has 1 aliphatic carbocycles. The minimum atomic E-state index is 0.337. The van der Waals surface area contributed by atoms with Gasteiger partial charge in [-0.2, -0.15) is 0 Å². The Labute approximate surface area is 62.8 Å². The third kappa shape index (κ3) is 1.40. The van der Waals surface area contributed by atoms with Gasteiger partial charge in [-0.25, -0.2) is 0 Å². The largest absolute Gasteiger partial charge is 0.396 e. The third-order valence-electron chi connectivity index (χ3n) is 2.25. The Balaban J connectivity index is 2.56. The molecule has 1 atom stereocenters. The molecule has 1 nitrogen and oxygen atoms in total. The summed E-state index contributed by atoms with van der Waals surface area (Å²) in [5.41, 5.74) is 1.46. The van der Waals surface area contributed by atoms with E-state index in [9.17, 15) is 0 Å². The van der Waals surface area contributed by atoms with E-state index in [1.165, 1.54) is 12.0 Å². The molecule has 0 saturated heterocycles. The molecular formula is C9H16O. The van der Waals surface area contributed by atoms with E-state index in [0.717, 1.165) is 6.42 Å². The lowest BCUT2D eigenvalue weighted by molar-refractivity contribution is 0.240. The van der Waals surface area contributed by atoms with Crippen LogP contribution < -0.4 is 0 Å². The van der Waals surface area contributed by atoms with Crippen LogP contribution in [0.25, 0.3) is 0 Å². The van der Waals surface area contributed by atoms with Gasteiger partial charge in [0.1, 0.15) is 0 Å². The van der Waals surface area contributed by atoms with Crippen molar-refractivity contribution in [3.63, 3.8) is 0 Å². The Bertz CT molecular complexity index is 136. The molecule has 0 fully saturated rings. The van der Waals surface area contributed by atoms with Crippen LogP contribution in [0.4, 0.5) is 0 Å². The van der Waals surface area contributed by atoms with Crippen molar-refractivity contribution in [1.29, 1.82) is 0 Å². The fourth-order valence-electron chi connectivity index (χ4n) is 1.69. The van der Waals surface area contributed by atoms with Gasteiger partial charge in [-0.05, 0) is 18.8 Å². The van der Waals surface area contributed by atoms with Crippen molar-refractivity contribution in [1.82, 2.24) is 0 Å². The lowest BCUT2D eigenvalue weighted by Gasteiger charge is -2.14. The van der Waals surface area contributed by atoms with Crippen LogP contribution in [0.3, 0.4) is 0 Å². The summed E-state index contributed by atoms with van der Waals surface area (Å²) in [6.07, 6.45) is 4.61. The summed E-state index contributed by atoms with van der Waals surface area (Å²) in [7, 11) is 0. The SMILES string of the molecule is CC(C)C1=CCCC1CO. The van der Waals surface area contributed by atoms with Crippen LogP contribution in [0.2, 0.25) is 0 Å². The quantitative estimate of drug-likeness (QED) is 0.581. The predicted octanol–water partition coefficient (Wildman–Crippen LogP) is 1.97. The Morgan fingerprint density at radius 3 is 2.80 bits per heavy atom. The third-order valence-corrected chi connectivity index (χ3v) is 2.25. The maximum atomic E-state index is 8.94. The van der Waals surface area contributed by atoms with Crippen LogP contribution in [-0.2, 0) is 0 Å². The number of hydrogen-bond donors (Lipinski definition) is 1. The van der Waals surface area contributed by atoms with Crippen LogP contribution in [-0.4, -0.2) is 11.7 Å². The molecule has 1 rings (SSSR count). The number of aliphatic hydroxyl groups excluding tert-OH is 1. The van der Waals surface area contributed by atoms with Crippen molar-refractivity contribution in [3.05, 3.63) is 11.6 Å². The number of rotatable bonds is 2. The highest BCUT2D eigenvalue weighted by molar-refractivity contribution is 5.14. The summed E-state index contributed by atoms with van der Waals surface area (Å²) in [6, 6.07) is 0. The van der Waals surface area contributed by atoms with Gasteiger partial charge in [0.2, 0.25) is 0 Å². The molecule has 1 aliphatic rings. The Morgan fingerprint density at radius 2 is 2.40 bits per heavy atom. The number of hydrogen-bond acceptors (Lipinski definition) is 1. The van der Waals surface area contributed by atoms with Crippen LogP contribution in [0.15, 0.2) is 11.6 Å². The summed E-state index contributed by atoms with van der Waals surface area (Å²) < 4.78 is 0. The molecule has 0 aromatic carbocycles. The maximum absolute atomic E-state index is 8.94. The molecule has 0 heterocycles. The molecule has 0 saturated carbocycles. The summed E-state index contributed by atoms with van der Waals surface area (Å²) in [4.78, 5) is 0. The summed E-state index contributed by atoms with van der Waals surface area (Å²) in [5.74, 6) is 1.10. The van der Waals surface area contributed by atoms with Gasteiger partial charge in [-0.1, -0.05) is 25.5 Å². The molecule has 0 spiro atoms. The van der Waals surface area contributed by atoms with E-state index in [-0.39, 0.29) is 0 Å². The van der Waals surface area contributed by atoms with E-state index in [2.05, 4.69) is 19.9 Å². The first-order chi connectivity index (χ1) is 4.75. The topological polar surface area (TPSA) is 20.2 Å². The van der Waals surface area contributed by atoms with Crippen LogP contribution in [0.1, 0.15) is 26.7 Å². The van der Waals surface area contributed by atoms with Gasteiger partial charge >= 0.3 is 0 Å². The van der Waals surface area contributed by atoms with E-state index in [1.54, 1.807) is 0 Å². The molecule has 0 amide bonds. The Kier molecular flexibility index (Phi) is 2.50. The van der Waals surface area contributed by atoms with Gasteiger partial charge in [0.25, 0.3) is 0 Å². The lowest BCUT2D eigenvalue weighted by Crippen LogP contribution is -2.08. The van der Waals surface area contributed by atoms with Crippen molar-refractivity contribution in [2.45, 2.75) is 26.7 Å². The average Bonchev–Trinajstić information content (AvgIpc) is 2.33. The van der Waals surface area contributed by atoms with E-state index in [1.807, 2.05) is 0 Å². The number of aliphatic hydroxyl groups is 1. The lowest BCUT2D eigenvalue weighted by atomic mass is 9.93. The fraction of sp³-hybridized carbons (Fsp3) is 0.778. The second-order valence-corrected chi connectivity index (χ2v) is 3.32. The highest BCUT2D eigenvalue weighted by Crippen LogP contribution is 2.30. The molecular weight excluding hydrogens is 124 g/mol. The molecule has 1 heteroatoms. The molecule has 1 N–H and O–H groups in total. The Morgan fingerprint density at radius 1 is 1.70 bits per heavy atom. The molecule has 58 valence electrons. The van der Waals surface area contributed by atoms with Crippen molar-refractivity contribution in [2.24, 2.45) is 11.8 Å². The molecule has 0 aliphatic heterocycles. The van der Waals surface area contributed by atoms with Gasteiger partial charge < -0.3 is 5.11 Å². The van der Waals surface area contributed by atoms with Crippen LogP contribution in [0, 0.1) is 11.8 Å². The summed E-state index contributed by atoms with van der Waals surface area (Å²) >= 11 is 0. The highest BCUT2D eigenvalue weighted by atomic mass is 16.3. The van der Waals surface area contributed by atoms with E-state index in [4.69, 9.17) is 5.11 Å². The molecule has 1 unspecified atom stereocenters. The van der Waals surface area contributed by atoms with Crippen molar-refractivity contribution < 1.29 is 5.11 Å². The van der Waals surface area contributed by atoms with E-state index < -0.39 is 0 Å². The average molecular weight is 140 g/mol. The minimum Gasteiger partial charge on any atom is -0.396 e. The summed E-state index contributed by atoms with van der Waals surface area (Å²) in [5, 5.41) is 8.94. The highest BCUT2D eigenvalue weighted by Gasteiger charge is 2.19. The second-order valence-electron chi connectivity index (χ2n) is 3.32. The predicted molar refractivity (Wildman–Crippen MR) is 42.7 cm³/mol. The maximum Gasteiger partial charge on any atom is 0.0496 e. The van der Waals surface area contributed by atoms with Gasteiger partial charge in [-0.15, -0.1) is 0 Å². The second kappa shape index (κ2) is 3.20. The summed E-state index contributed by atoms with van der Waals surface area (Å²) in [6.45, 7) is 4.73. The zero-order chi connectivity index (χ0) is 7.56. The zero-order valence-corrected chi connectivity index (χ0v) is 6.80. The fourth-order valence-corrected chi connectivity index (χ4v) is 1.69. The Hall–Kier alpha value is -0.300. The van der Waals surface area contributed by atoms with E-state index >= 15 is 0 Å². The van der Waals surface area contributed by atoms with Gasteiger partial charge in [-0.3, -0.25) is 0 Å². The minimum absolute atomic E-state index is 0.337. The van der Waals surface area contributed by atoms with Crippen LogP contribution in [0.5, 0.6) is 0 Å². The van der Waals surface area contributed by atoms with E-state index in [0.29, 0.717) is 18.4 Å². The molecule has 0 aromatic heterocycles. The standard InChI is InChI=1S/C9H16O/c1-7(2)9-5-3-4-8(9)6-10/h5,7-8,10H,3-4,6H2,1-2H3. The molecule has 0 radical (unpaired) electrons.